The smallest absolute Gasteiger partial charge is 0.422 e. The molecule has 1 aliphatic carbocycles. The van der Waals surface area contributed by atoms with Crippen LogP contribution in [0.3, 0.4) is 0 Å². The molecule has 1 fully saturated rings. The number of amides is 1. The average Bonchev–Trinajstić information content (AvgIpc) is 3.26. The predicted octanol–water partition coefficient (Wildman–Crippen LogP) is 2.33. The van der Waals surface area contributed by atoms with Gasteiger partial charge in [0.15, 0.2) is 6.61 Å². The first kappa shape index (κ1) is 21.8. The molecule has 1 unspecified atom stereocenters. The van der Waals surface area contributed by atoms with Gasteiger partial charge in [-0.05, 0) is 30.9 Å². The van der Waals surface area contributed by atoms with Gasteiger partial charge in [-0.1, -0.05) is 0 Å². The van der Waals surface area contributed by atoms with Crippen LogP contribution < -0.4 is 15.8 Å². The van der Waals surface area contributed by atoms with Gasteiger partial charge in [0.25, 0.3) is 5.91 Å². The molecule has 5 nitrogen and oxygen atoms in total. The van der Waals surface area contributed by atoms with Crippen LogP contribution in [0.2, 0.25) is 0 Å². The van der Waals surface area contributed by atoms with Crippen LogP contribution >= 0.6 is 24.8 Å². The van der Waals surface area contributed by atoms with Crippen LogP contribution in [0.4, 0.5) is 13.2 Å². The van der Waals surface area contributed by atoms with Crippen molar-refractivity contribution in [3.05, 3.63) is 23.9 Å². The quantitative estimate of drug-likeness (QED) is 0.799. The molecule has 1 aromatic heterocycles. The number of alkyl halides is 3. The van der Waals surface area contributed by atoms with E-state index in [0.29, 0.717) is 5.92 Å². The lowest BCUT2D eigenvalue weighted by atomic mass is 10.1. The van der Waals surface area contributed by atoms with Crippen molar-refractivity contribution in [2.24, 2.45) is 11.7 Å². The number of halogens is 5. The molecule has 0 spiro atoms. The monoisotopic (exact) mass is 375 g/mol. The van der Waals surface area contributed by atoms with Gasteiger partial charge in [0, 0.05) is 18.8 Å². The summed E-state index contributed by atoms with van der Waals surface area (Å²) in [5.74, 6) is -0.517. The second-order valence-corrected chi connectivity index (χ2v) is 4.91. The Balaban J connectivity index is 0.00000242. The van der Waals surface area contributed by atoms with Gasteiger partial charge in [-0.15, -0.1) is 24.8 Å². The molecule has 1 atom stereocenters. The average molecular weight is 376 g/mol. The molecule has 2 rings (SSSR count). The first-order chi connectivity index (χ1) is 9.90. The first-order valence-electron chi connectivity index (χ1n) is 6.56. The molecular weight excluding hydrogens is 358 g/mol. The number of ether oxygens (including phenoxy) is 1. The number of pyridine rings is 1. The second-order valence-electron chi connectivity index (χ2n) is 4.91. The van der Waals surface area contributed by atoms with Crippen molar-refractivity contribution < 1.29 is 22.7 Å². The standard InChI is InChI=1S/C13H16F3N3O2.2ClH/c14-13(15,16)7-21-12-9(2-1-5-18-12)11(20)19-10(6-17)8-3-4-8;;/h1-2,5,8,10H,3-4,6-7,17H2,(H,19,20);2*1H. The van der Waals surface area contributed by atoms with E-state index in [1.165, 1.54) is 18.3 Å². The van der Waals surface area contributed by atoms with E-state index in [4.69, 9.17) is 5.73 Å². The van der Waals surface area contributed by atoms with E-state index >= 15 is 0 Å². The molecule has 1 amide bonds. The third-order valence-electron chi connectivity index (χ3n) is 3.15. The number of nitrogens with one attached hydrogen (secondary N) is 1. The van der Waals surface area contributed by atoms with Crippen LogP contribution in [0, 0.1) is 5.92 Å². The highest BCUT2D eigenvalue weighted by Crippen LogP contribution is 2.32. The van der Waals surface area contributed by atoms with E-state index in [2.05, 4.69) is 15.0 Å². The Kier molecular flexibility index (Phi) is 8.65. The highest BCUT2D eigenvalue weighted by Gasteiger charge is 2.33. The molecule has 0 radical (unpaired) electrons. The lowest BCUT2D eigenvalue weighted by Crippen LogP contribution is -2.42. The van der Waals surface area contributed by atoms with Crippen molar-refractivity contribution in [3.8, 4) is 5.88 Å². The van der Waals surface area contributed by atoms with Gasteiger partial charge in [-0.2, -0.15) is 13.2 Å². The van der Waals surface area contributed by atoms with Gasteiger partial charge in [0.1, 0.15) is 5.56 Å². The van der Waals surface area contributed by atoms with Crippen molar-refractivity contribution in [1.29, 1.82) is 0 Å². The van der Waals surface area contributed by atoms with Crippen molar-refractivity contribution in [2.45, 2.75) is 25.1 Å². The van der Waals surface area contributed by atoms with Crippen LogP contribution in [0.1, 0.15) is 23.2 Å². The molecule has 132 valence electrons. The highest BCUT2D eigenvalue weighted by molar-refractivity contribution is 5.96. The molecule has 0 bridgehead atoms. The Morgan fingerprint density at radius 3 is 2.61 bits per heavy atom. The molecule has 0 aromatic carbocycles. The van der Waals surface area contributed by atoms with Crippen LogP contribution in [0.15, 0.2) is 18.3 Å². The molecule has 10 heteroatoms. The zero-order chi connectivity index (χ0) is 15.5. The largest absolute Gasteiger partial charge is 0.467 e. The van der Waals surface area contributed by atoms with Gasteiger partial charge >= 0.3 is 6.18 Å². The molecule has 23 heavy (non-hydrogen) atoms. The number of hydrogen-bond acceptors (Lipinski definition) is 4. The van der Waals surface area contributed by atoms with E-state index < -0.39 is 18.7 Å². The minimum atomic E-state index is -4.49. The Morgan fingerprint density at radius 1 is 1.43 bits per heavy atom. The Hall–Kier alpha value is -1.25. The molecule has 1 saturated carbocycles. The molecule has 3 N–H and O–H groups in total. The molecule has 0 saturated heterocycles. The molecule has 1 aliphatic rings. The fraction of sp³-hybridized carbons (Fsp3) is 0.538. The maximum absolute atomic E-state index is 12.2. The minimum absolute atomic E-state index is 0. The molecule has 1 heterocycles. The van der Waals surface area contributed by atoms with Gasteiger partial charge in [-0.25, -0.2) is 4.98 Å². The van der Waals surface area contributed by atoms with Gasteiger partial charge in [-0.3, -0.25) is 4.79 Å². The van der Waals surface area contributed by atoms with Crippen molar-refractivity contribution in [3.63, 3.8) is 0 Å². The summed E-state index contributed by atoms with van der Waals surface area (Å²) < 4.78 is 41.1. The van der Waals surface area contributed by atoms with Gasteiger partial charge in [0.2, 0.25) is 5.88 Å². The maximum Gasteiger partial charge on any atom is 0.422 e. The topological polar surface area (TPSA) is 77.2 Å². The van der Waals surface area contributed by atoms with Crippen LogP contribution in [0.25, 0.3) is 0 Å². The Morgan fingerprint density at radius 2 is 2.09 bits per heavy atom. The molecule has 0 aliphatic heterocycles. The SMILES string of the molecule is Cl.Cl.NCC(NC(=O)c1cccnc1OCC(F)(F)F)C1CC1. The summed E-state index contributed by atoms with van der Waals surface area (Å²) >= 11 is 0. The summed E-state index contributed by atoms with van der Waals surface area (Å²) in [5.41, 5.74) is 5.56. The van der Waals surface area contributed by atoms with E-state index in [9.17, 15) is 18.0 Å². The van der Waals surface area contributed by atoms with Gasteiger partial charge < -0.3 is 15.8 Å². The summed E-state index contributed by atoms with van der Waals surface area (Å²) in [6.07, 6.45) is -1.23. The Bertz CT molecular complexity index is 513. The molecular formula is C13H18Cl2F3N3O2. The lowest BCUT2D eigenvalue weighted by molar-refractivity contribution is -0.154. The van der Waals surface area contributed by atoms with Gasteiger partial charge in [0.05, 0.1) is 0 Å². The van der Waals surface area contributed by atoms with Crippen LogP contribution in [-0.4, -0.2) is 36.3 Å². The minimum Gasteiger partial charge on any atom is -0.467 e. The molecule has 1 aromatic rings. The normalized spacial score (nSPS) is 15.0. The van der Waals surface area contributed by atoms with Crippen LogP contribution in [0.5, 0.6) is 5.88 Å². The number of carbonyl (C=O) groups excluding carboxylic acids is 1. The fourth-order valence-corrected chi connectivity index (χ4v) is 1.94. The van der Waals surface area contributed by atoms with E-state index in [1.54, 1.807) is 0 Å². The fourth-order valence-electron chi connectivity index (χ4n) is 1.94. The number of hydrogen-bond donors (Lipinski definition) is 2. The van der Waals surface area contributed by atoms with E-state index in [0.717, 1.165) is 12.8 Å². The summed E-state index contributed by atoms with van der Waals surface area (Å²) in [6, 6.07) is 2.66. The Labute approximate surface area is 144 Å². The van der Waals surface area contributed by atoms with Crippen molar-refractivity contribution in [2.75, 3.05) is 13.2 Å². The second kappa shape index (κ2) is 9.14. The third-order valence-corrected chi connectivity index (χ3v) is 3.15. The third kappa shape index (κ3) is 6.80. The number of nitrogens with two attached hydrogens (primary N) is 1. The summed E-state index contributed by atoms with van der Waals surface area (Å²) in [4.78, 5) is 15.8. The summed E-state index contributed by atoms with van der Waals surface area (Å²) in [6.45, 7) is -1.21. The predicted molar refractivity (Wildman–Crippen MR) is 83.3 cm³/mol. The zero-order valence-electron chi connectivity index (χ0n) is 12.0. The summed E-state index contributed by atoms with van der Waals surface area (Å²) in [7, 11) is 0. The zero-order valence-corrected chi connectivity index (χ0v) is 13.6. The van der Waals surface area contributed by atoms with Crippen molar-refractivity contribution in [1.82, 2.24) is 10.3 Å². The van der Waals surface area contributed by atoms with Crippen molar-refractivity contribution >= 4 is 30.7 Å². The van der Waals surface area contributed by atoms with E-state index in [-0.39, 0.29) is 48.8 Å². The van der Waals surface area contributed by atoms with E-state index in [1.807, 2.05) is 0 Å². The number of carbonyl (C=O) groups is 1. The van der Waals surface area contributed by atoms with Crippen LogP contribution in [-0.2, 0) is 0 Å². The first-order valence-corrected chi connectivity index (χ1v) is 6.56. The summed E-state index contributed by atoms with van der Waals surface area (Å²) in [5, 5.41) is 2.72. The lowest BCUT2D eigenvalue weighted by Gasteiger charge is -2.17. The number of nitrogens with zero attached hydrogens (tertiary/aromatic N) is 1. The number of aromatic nitrogens is 1. The highest BCUT2D eigenvalue weighted by atomic mass is 35.5. The maximum atomic E-state index is 12.2. The number of rotatable bonds is 6.